The lowest BCUT2D eigenvalue weighted by Gasteiger charge is -2.36. The van der Waals surface area contributed by atoms with Crippen LogP contribution in [-0.4, -0.2) is 48.4 Å². The van der Waals surface area contributed by atoms with Crippen molar-refractivity contribution in [2.75, 3.05) is 31.2 Å². The van der Waals surface area contributed by atoms with Crippen LogP contribution in [0.25, 0.3) is 0 Å². The minimum absolute atomic E-state index is 0.154. The van der Waals surface area contributed by atoms with E-state index in [0.29, 0.717) is 31.6 Å². The molecular weight excluding hydrogens is 268 g/mol. The van der Waals surface area contributed by atoms with Gasteiger partial charge in [0.15, 0.2) is 5.82 Å². The van der Waals surface area contributed by atoms with Gasteiger partial charge in [-0.05, 0) is 12.8 Å². The van der Waals surface area contributed by atoms with E-state index in [1.54, 1.807) is 0 Å². The van der Waals surface area contributed by atoms with Crippen LogP contribution in [0.2, 0.25) is 5.02 Å². The summed E-state index contributed by atoms with van der Waals surface area (Å²) in [7, 11) is 0. The molecule has 0 aromatic carbocycles. The van der Waals surface area contributed by atoms with Gasteiger partial charge in [-0.25, -0.2) is 4.98 Å². The SMILES string of the molecule is O=c1[nH]cnc(N2CCOCC2CNC2CC2)c1Cl. The molecule has 0 radical (unpaired) electrons. The summed E-state index contributed by atoms with van der Waals surface area (Å²) < 4.78 is 5.52. The van der Waals surface area contributed by atoms with Crippen molar-refractivity contribution < 1.29 is 4.74 Å². The Bertz CT molecular complexity index is 503. The smallest absolute Gasteiger partial charge is 0.271 e. The number of nitrogens with one attached hydrogen (secondary N) is 2. The summed E-state index contributed by atoms with van der Waals surface area (Å²) in [6, 6.07) is 0.813. The number of nitrogens with zero attached hydrogens (tertiary/aromatic N) is 2. The molecule has 1 saturated heterocycles. The number of H-pyrrole nitrogens is 1. The predicted molar refractivity (Wildman–Crippen MR) is 72.8 cm³/mol. The molecule has 3 rings (SSSR count). The fraction of sp³-hybridized carbons (Fsp3) is 0.667. The Morgan fingerprint density at radius 3 is 3.21 bits per heavy atom. The molecule has 1 unspecified atom stereocenters. The lowest BCUT2D eigenvalue weighted by Crippen LogP contribution is -2.51. The molecule has 0 bridgehead atoms. The first-order chi connectivity index (χ1) is 9.25. The molecular formula is C12H17ClN4O2. The van der Waals surface area contributed by atoms with Crippen molar-refractivity contribution in [3.8, 4) is 0 Å². The second kappa shape index (κ2) is 5.48. The van der Waals surface area contributed by atoms with E-state index in [9.17, 15) is 4.79 Å². The maximum absolute atomic E-state index is 11.6. The zero-order valence-corrected chi connectivity index (χ0v) is 11.3. The van der Waals surface area contributed by atoms with Gasteiger partial charge in [0.2, 0.25) is 0 Å². The molecule has 19 heavy (non-hydrogen) atoms. The van der Waals surface area contributed by atoms with Gasteiger partial charge >= 0.3 is 0 Å². The highest BCUT2D eigenvalue weighted by atomic mass is 35.5. The monoisotopic (exact) mass is 284 g/mol. The molecule has 1 aliphatic carbocycles. The van der Waals surface area contributed by atoms with E-state index in [1.807, 2.05) is 0 Å². The average molecular weight is 285 g/mol. The Kier molecular flexibility index (Phi) is 3.72. The first kappa shape index (κ1) is 12.9. The van der Waals surface area contributed by atoms with Gasteiger partial charge in [0.25, 0.3) is 5.56 Å². The number of ether oxygens (including phenoxy) is 1. The molecule has 0 spiro atoms. The first-order valence-electron chi connectivity index (χ1n) is 6.56. The molecule has 0 amide bonds. The van der Waals surface area contributed by atoms with Crippen LogP contribution >= 0.6 is 11.6 Å². The van der Waals surface area contributed by atoms with Crippen LogP contribution in [0.4, 0.5) is 5.82 Å². The third-order valence-electron chi connectivity index (χ3n) is 3.50. The van der Waals surface area contributed by atoms with E-state index in [4.69, 9.17) is 16.3 Å². The molecule has 2 fully saturated rings. The van der Waals surface area contributed by atoms with E-state index in [2.05, 4.69) is 20.2 Å². The number of hydrogen-bond acceptors (Lipinski definition) is 5. The lowest BCUT2D eigenvalue weighted by molar-refractivity contribution is 0.0932. The summed E-state index contributed by atoms with van der Waals surface area (Å²) in [5.74, 6) is 0.552. The highest BCUT2D eigenvalue weighted by Gasteiger charge is 2.29. The average Bonchev–Trinajstić information content (AvgIpc) is 3.24. The van der Waals surface area contributed by atoms with Gasteiger partial charge in [-0.3, -0.25) is 4.79 Å². The van der Waals surface area contributed by atoms with Crippen LogP contribution in [-0.2, 0) is 4.74 Å². The van der Waals surface area contributed by atoms with Crippen molar-refractivity contribution >= 4 is 17.4 Å². The van der Waals surface area contributed by atoms with Crippen molar-refractivity contribution in [1.82, 2.24) is 15.3 Å². The molecule has 1 aromatic heterocycles. The molecule has 1 aliphatic heterocycles. The van der Waals surface area contributed by atoms with Crippen LogP contribution < -0.4 is 15.8 Å². The number of rotatable bonds is 4. The molecule has 7 heteroatoms. The maximum Gasteiger partial charge on any atom is 0.271 e. The number of halogens is 1. The van der Waals surface area contributed by atoms with Crippen molar-refractivity contribution in [2.45, 2.75) is 24.9 Å². The van der Waals surface area contributed by atoms with E-state index < -0.39 is 0 Å². The van der Waals surface area contributed by atoms with Crippen molar-refractivity contribution in [2.24, 2.45) is 0 Å². The fourth-order valence-electron chi connectivity index (χ4n) is 2.27. The van der Waals surface area contributed by atoms with Gasteiger partial charge in [-0.2, -0.15) is 0 Å². The van der Waals surface area contributed by atoms with Crippen LogP contribution in [0, 0.1) is 0 Å². The Balaban J connectivity index is 1.78. The van der Waals surface area contributed by atoms with Crippen molar-refractivity contribution in [1.29, 1.82) is 0 Å². The molecule has 104 valence electrons. The number of morpholine rings is 1. The summed E-state index contributed by atoms with van der Waals surface area (Å²) in [6.07, 6.45) is 3.89. The van der Waals surface area contributed by atoms with Gasteiger partial charge in [0.05, 0.1) is 25.6 Å². The van der Waals surface area contributed by atoms with Crippen LogP contribution in [0.15, 0.2) is 11.1 Å². The Morgan fingerprint density at radius 1 is 1.58 bits per heavy atom. The van der Waals surface area contributed by atoms with E-state index in [1.165, 1.54) is 19.2 Å². The summed E-state index contributed by atoms with van der Waals surface area (Å²) in [5, 5.41) is 3.64. The topological polar surface area (TPSA) is 70.2 Å². The van der Waals surface area contributed by atoms with E-state index in [-0.39, 0.29) is 16.6 Å². The van der Waals surface area contributed by atoms with Gasteiger partial charge in [-0.15, -0.1) is 0 Å². The van der Waals surface area contributed by atoms with Gasteiger partial charge in [-0.1, -0.05) is 11.6 Å². The van der Waals surface area contributed by atoms with Gasteiger partial charge in [0, 0.05) is 19.1 Å². The zero-order valence-electron chi connectivity index (χ0n) is 10.6. The normalized spacial score (nSPS) is 23.6. The minimum Gasteiger partial charge on any atom is -0.377 e. The molecule has 1 aromatic rings. The molecule has 1 saturated carbocycles. The second-order valence-corrected chi connectivity index (χ2v) is 5.35. The summed E-state index contributed by atoms with van der Waals surface area (Å²) >= 11 is 6.06. The fourth-order valence-corrected chi connectivity index (χ4v) is 2.48. The number of aromatic amines is 1. The minimum atomic E-state index is -0.299. The van der Waals surface area contributed by atoms with E-state index >= 15 is 0 Å². The highest BCUT2D eigenvalue weighted by Crippen LogP contribution is 2.23. The van der Waals surface area contributed by atoms with Crippen molar-refractivity contribution in [3.05, 3.63) is 21.7 Å². The highest BCUT2D eigenvalue weighted by molar-refractivity contribution is 6.32. The van der Waals surface area contributed by atoms with Crippen LogP contribution in [0.5, 0.6) is 0 Å². The predicted octanol–water partition coefficient (Wildman–Crippen LogP) is 0.381. The molecule has 1 atom stereocenters. The Hall–Kier alpha value is -1.11. The number of hydrogen-bond donors (Lipinski definition) is 2. The first-order valence-corrected chi connectivity index (χ1v) is 6.94. The molecule has 2 aliphatic rings. The molecule has 6 nitrogen and oxygen atoms in total. The lowest BCUT2D eigenvalue weighted by atomic mass is 10.2. The summed E-state index contributed by atoms with van der Waals surface area (Å²) in [6.45, 7) is 2.79. The largest absolute Gasteiger partial charge is 0.377 e. The summed E-state index contributed by atoms with van der Waals surface area (Å²) in [4.78, 5) is 20.3. The number of aromatic nitrogens is 2. The van der Waals surface area contributed by atoms with Crippen LogP contribution in [0.3, 0.4) is 0 Å². The quantitative estimate of drug-likeness (QED) is 0.837. The third kappa shape index (κ3) is 2.91. The van der Waals surface area contributed by atoms with Gasteiger partial charge in [0.1, 0.15) is 5.02 Å². The van der Waals surface area contributed by atoms with Gasteiger partial charge < -0.3 is 19.9 Å². The zero-order chi connectivity index (χ0) is 13.2. The second-order valence-electron chi connectivity index (χ2n) is 4.97. The summed E-state index contributed by atoms with van der Waals surface area (Å²) in [5.41, 5.74) is -0.299. The Morgan fingerprint density at radius 2 is 2.42 bits per heavy atom. The van der Waals surface area contributed by atoms with Crippen molar-refractivity contribution in [3.63, 3.8) is 0 Å². The molecule has 2 N–H and O–H groups in total. The van der Waals surface area contributed by atoms with Crippen LogP contribution in [0.1, 0.15) is 12.8 Å². The molecule has 2 heterocycles. The maximum atomic E-state index is 11.6. The third-order valence-corrected chi connectivity index (χ3v) is 3.84. The van der Waals surface area contributed by atoms with E-state index in [0.717, 1.165) is 6.54 Å². The standard InChI is InChI=1S/C12H17ClN4O2/c13-10-11(15-7-16-12(10)18)17-3-4-19-6-9(17)5-14-8-1-2-8/h7-9,14H,1-6H2,(H,15,16,18). The number of anilines is 1. The Labute approximate surface area is 116 Å².